The van der Waals surface area contributed by atoms with E-state index < -0.39 is 6.04 Å². The number of hydrogen-bond acceptors (Lipinski definition) is 6. The standard InChI is InChI=1S/C22H22ClN3O3S/c1-2-29-22(28)20(15-3-6-17(23)7-4-15)25-9-11-26(12-10-25)21(27)16-5-8-18-19(13-16)30-14-24-18/h3-8,13-14,20H,2,9-12H2,1H3/t20-/m1/s1. The Bertz CT molecular complexity index is 1050. The molecular weight excluding hydrogens is 422 g/mol. The topological polar surface area (TPSA) is 62.7 Å². The summed E-state index contributed by atoms with van der Waals surface area (Å²) >= 11 is 7.53. The second-order valence-corrected chi connectivity index (χ2v) is 8.39. The Morgan fingerprint density at radius 3 is 2.57 bits per heavy atom. The largest absolute Gasteiger partial charge is 0.465 e. The summed E-state index contributed by atoms with van der Waals surface area (Å²) in [5.74, 6) is -0.278. The van der Waals surface area contributed by atoms with Crippen molar-refractivity contribution in [3.05, 3.63) is 64.1 Å². The molecule has 1 amide bonds. The van der Waals surface area contributed by atoms with E-state index in [1.807, 2.05) is 35.2 Å². The average molecular weight is 444 g/mol. The van der Waals surface area contributed by atoms with Crippen molar-refractivity contribution in [3.8, 4) is 0 Å². The van der Waals surface area contributed by atoms with Crippen molar-refractivity contribution in [2.75, 3.05) is 32.8 Å². The quantitative estimate of drug-likeness (QED) is 0.557. The van der Waals surface area contributed by atoms with E-state index in [1.165, 1.54) is 11.3 Å². The van der Waals surface area contributed by atoms with Gasteiger partial charge in [0, 0.05) is 36.8 Å². The first-order chi connectivity index (χ1) is 14.6. The monoisotopic (exact) mass is 443 g/mol. The van der Waals surface area contributed by atoms with Crippen LogP contribution in [-0.4, -0.2) is 59.4 Å². The number of fused-ring (bicyclic) bond motifs is 1. The van der Waals surface area contributed by atoms with E-state index >= 15 is 0 Å². The molecule has 0 saturated carbocycles. The molecule has 1 saturated heterocycles. The fourth-order valence-electron chi connectivity index (χ4n) is 3.72. The second kappa shape index (κ2) is 9.12. The number of halogens is 1. The number of carbonyl (C=O) groups is 2. The first kappa shape index (κ1) is 20.8. The number of nitrogens with zero attached hydrogens (tertiary/aromatic N) is 3. The average Bonchev–Trinajstić information content (AvgIpc) is 3.23. The molecule has 0 radical (unpaired) electrons. The number of esters is 1. The molecule has 0 N–H and O–H groups in total. The van der Waals surface area contributed by atoms with E-state index in [2.05, 4.69) is 9.88 Å². The van der Waals surface area contributed by atoms with Gasteiger partial charge in [-0.1, -0.05) is 23.7 Å². The summed E-state index contributed by atoms with van der Waals surface area (Å²) in [5, 5.41) is 0.620. The van der Waals surface area contributed by atoms with Crippen LogP contribution >= 0.6 is 22.9 Å². The van der Waals surface area contributed by atoms with Crippen LogP contribution in [0.25, 0.3) is 10.2 Å². The Morgan fingerprint density at radius 2 is 1.87 bits per heavy atom. The summed E-state index contributed by atoms with van der Waals surface area (Å²) in [7, 11) is 0. The van der Waals surface area contributed by atoms with Gasteiger partial charge in [-0.2, -0.15) is 0 Å². The van der Waals surface area contributed by atoms with Crippen LogP contribution < -0.4 is 0 Å². The van der Waals surface area contributed by atoms with Crippen LogP contribution in [0.5, 0.6) is 0 Å². The molecule has 1 atom stereocenters. The molecule has 1 aliphatic heterocycles. The molecule has 4 rings (SSSR count). The molecule has 156 valence electrons. The van der Waals surface area contributed by atoms with Gasteiger partial charge in [0.25, 0.3) is 5.91 Å². The lowest BCUT2D eigenvalue weighted by atomic mass is 10.0. The highest BCUT2D eigenvalue weighted by Gasteiger charge is 2.33. The highest BCUT2D eigenvalue weighted by Crippen LogP contribution is 2.26. The lowest BCUT2D eigenvalue weighted by Crippen LogP contribution is -2.51. The fraction of sp³-hybridized carbons (Fsp3) is 0.318. The number of hydrogen-bond donors (Lipinski definition) is 0. The SMILES string of the molecule is CCOC(=O)[C@@H](c1ccc(Cl)cc1)N1CCN(C(=O)c2ccc3ncsc3c2)CC1. The maximum absolute atomic E-state index is 13.0. The zero-order chi connectivity index (χ0) is 21.1. The van der Waals surface area contributed by atoms with Crippen LogP contribution in [0.4, 0.5) is 0 Å². The minimum Gasteiger partial charge on any atom is -0.465 e. The number of thiazole rings is 1. The lowest BCUT2D eigenvalue weighted by molar-refractivity contribution is -0.150. The van der Waals surface area contributed by atoms with Crippen LogP contribution in [0.1, 0.15) is 28.9 Å². The lowest BCUT2D eigenvalue weighted by Gasteiger charge is -2.38. The summed E-state index contributed by atoms with van der Waals surface area (Å²) < 4.78 is 6.32. The van der Waals surface area contributed by atoms with Crippen LogP contribution in [-0.2, 0) is 9.53 Å². The van der Waals surface area contributed by atoms with Gasteiger partial charge in [0.1, 0.15) is 6.04 Å². The van der Waals surface area contributed by atoms with E-state index in [1.54, 1.807) is 24.6 Å². The zero-order valence-electron chi connectivity index (χ0n) is 16.6. The number of ether oxygens (including phenoxy) is 1. The summed E-state index contributed by atoms with van der Waals surface area (Å²) in [6, 6.07) is 12.4. The molecule has 0 spiro atoms. The predicted molar refractivity (Wildman–Crippen MR) is 118 cm³/mol. The normalized spacial score (nSPS) is 15.9. The maximum atomic E-state index is 13.0. The first-order valence-corrected chi connectivity index (χ1v) is 11.1. The van der Waals surface area contributed by atoms with Crippen LogP contribution in [0.3, 0.4) is 0 Å². The number of amides is 1. The number of piperazine rings is 1. The summed E-state index contributed by atoms with van der Waals surface area (Å²) in [6.07, 6.45) is 0. The molecular formula is C22H22ClN3O3S. The Hall–Kier alpha value is -2.48. The first-order valence-electron chi connectivity index (χ1n) is 9.85. The Kier molecular flexibility index (Phi) is 6.32. The third-order valence-electron chi connectivity index (χ3n) is 5.24. The number of aromatic nitrogens is 1. The molecule has 1 aromatic heterocycles. The van der Waals surface area contributed by atoms with Crippen LogP contribution in [0.2, 0.25) is 5.02 Å². The fourth-order valence-corrected chi connectivity index (χ4v) is 4.56. The van der Waals surface area contributed by atoms with Gasteiger partial charge in [-0.25, -0.2) is 9.78 Å². The molecule has 0 aliphatic carbocycles. The summed E-state index contributed by atoms with van der Waals surface area (Å²) in [5.41, 5.74) is 4.19. The van der Waals surface area contributed by atoms with E-state index in [9.17, 15) is 9.59 Å². The van der Waals surface area contributed by atoms with Crippen molar-refractivity contribution in [3.63, 3.8) is 0 Å². The van der Waals surface area contributed by atoms with Crippen molar-refractivity contribution in [1.29, 1.82) is 0 Å². The van der Waals surface area contributed by atoms with Crippen LogP contribution in [0, 0.1) is 0 Å². The van der Waals surface area contributed by atoms with Gasteiger partial charge in [0.15, 0.2) is 0 Å². The molecule has 2 heterocycles. The van der Waals surface area contributed by atoms with E-state index in [-0.39, 0.29) is 11.9 Å². The summed E-state index contributed by atoms with van der Waals surface area (Å²) in [4.78, 5) is 33.8. The van der Waals surface area contributed by atoms with Gasteiger partial charge >= 0.3 is 5.97 Å². The van der Waals surface area contributed by atoms with Crippen molar-refractivity contribution < 1.29 is 14.3 Å². The van der Waals surface area contributed by atoms with Gasteiger partial charge in [-0.15, -0.1) is 11.3 Å². The summed E-state index contributed by atoms with van der Waals surface area (Å²) in [6.45, 7) is 4.38. The molecule has 0 unspecified atom stereocenters. The smallest absolute Gasteiger partial charge is 0.328 e. The van der Waals surface area contributed by atoms with Crippen molar-refractivity contribution >= 4 is 45.0 Å². The minimum atomic E-state index is -0.506. The highest BCUT2D eigenvalue weighted by atomic mass is 35.5. The Balaban J connectivity index is 1.47. The van der Waals surface area contributed by atoms with Gasteiger partial charge in [-0.05, 0) is 42.8 Å². The molecule has 8 heteroatoms. The molecule has 1 fully saturated rings. The molecule has 6 nitrogen and oxygen atoms in total. The molecule has 3 aromatic rings. The zero-order valence-corrected chi connectivity index (χ0v) is 18.2. The van der Waals surface area contributed by atoms with Crippen molar-refractivity contribution in [1.82, 2.24) is 14.8 Å². The maximum Gasteiger partial charge on any atom is 0.328 e. The van der Waals surface area contributed by atoms with Crippen molar-refractivity contribution in [2.45, 2.75) is 13.0 Å². The minimum absolute atomic E-state index is 0.00382. The number of carbonyl (C=O) groups excluding carboxylic acids is 2. The third kappa shape index (κ3) is 4.33. The van der Waals surface area contributed by atoms with Gasteiger partial charge < -0.3 is 9.64 Å². The Labute approximate surface area is 184 Å². The third-order valence-corrected chi connectivity index (χ3v) is 6.28. The van der Waals surface area contributed by atoms with Gasteiger partial charge in [0.05, 0.1) is 22.3 Å². The number of rotatable bonds is 5. The molecule has 1 aliphatic rings. The number of benzene rings is 2. The molecule has 2 aromatic carbocycles. The predicted octanol–water partition coefficient (Wildman–Crippen LogP) is 4.01. The van der Waals surface area contributed by atoms with E-state index in [0.29, 0.717) is 43.4 Å². The van der Waals surface area contributed by atoms with E-state index in [0.717, 1.165) is 15.8 Å². The van der Waals surface area contributed by atoms with E-state index in [4.69, 9.17) is 16.3 Å². The Morgan fingerprint density at radius 1 is 1.13 bits per heavy atom. The van der Waals surface area contributed by atoms with Gasteiger partial charge in [-0.3, -0.25) is 9.69 Å². The highest BCUT2D eigenvalue weighted by molar-refractivity contribution is 7.16. The van der Waals surface area contributed by atoms with Crippen molar-refractivity contribution in [2.24, 2.45) is 0 Å². The van der Waals surface area contributed by atoms with Gasteiger partial charge in [0.2, 0.25) is 0 Å². The second-order valence-electron chi connectivity index (χ2n) is 7.07. The molecule has 0 bridgehead atoms. The molecule has 30 heavy (non-hydrogen) atoms. The van der Waals surface area contributed by atoms with Crippen LogP contribution in [0.15, 0.2) is 48.0 Å².